The quantitative estimate of drug-likeness (QED) is 0.221. The number of rotatable bonds is 11. The number of hydrogen-bond acceptors (Lipinski definition) is 5. The molecule has 0 saturated heterocycles. The number of halogens is 2. The van der Waals surface area contributed by atoms with Crippen LogP contribution in [0.1, 0.15) is 73.9 Å². The molecule has 40 heavy (non-hydrogen) atoms. The molecule has 5 rings (SSSR count). The van der Waals surface area contributed by atoms with Gasteiger partial charge in [-0.2, -0.15) is 8.78 Å². The third kappa shape index (κ3) is 7.13. The summed E-state index contributed by atoms with van der Waals surface area (Å²) < 4.78 is 31.4. The standard InChI is InChI=1S/C32H41F2N5S/c1-21(30-36-12-13-37-30)14-24-7-4-11-29(17-24)40-32(33,34)27-10-5-9-26(18-27)25-8-3-6-23(16-25)15-22(2)31-38-20-28(19-35)39-31/h3-4,6-8,11-13,16-17,21-22,26-28H,5,9-10,14-15,18-20,35H2,1-2H3,(H,36,37)(H,38,39)/t21-,22?,26?,27?,28?/m0/s1. The van der Waals surface area contributed by atoms with Gasteiger partial charge in [0.2, 0.25) is 0 Å². The van der Waals surface area contributed by atoms with Crippen molar-refractivity contribution in [2.75, 3.05) is 13.1 Å². The topological polar surface area (TPSA) is 79.1 Å². The van der Waals surface area contributed by atoms with Crippen LogP contribution in [0.3, 0.4) is 0 Å². The Morgan fingerprint density at radius 2 is 1.82 bits per heavy atom. The third-order valence-corrected chi connectivity index (χ3v) is 9.47. The Morgan fingerprint density at radius 3 is 2.58 bits per heavy atom. The normalized spacial score (nSPS) is 22.9. The lowest BCUT2D eigenvalue weighted by Gasteiger charge is -2.34. The number of aromatic nitrogens is 2. The van der Waals surface area contributed by atoms with E-state index in [0.717, 1.165) is 61.2 Å². The molecule has 0 bridgehead atoms. The van der Waals surface area contributed by atoms with Crippen molar-refractivity contribution in [2.24, 2.45) is 22.6 Å². The maximum atomic E-state index is 15.7. The first-order valence-electron chi connectivity index (χ1n) is 14.6. The Morgan fingerprint density at radius 1 is 1.05 bits per heavy atom. The molecule has 0 radical (unpaired) electrons. The molecule has 5 nitrogen and oxygen atoms in total. The molecule has 4 N–H and O–H groups in total. The van der Waals surface area contributed by atoms with Gasteiger partial charge in [-0.3, -0.25) is 4.99 Å². The van der Waals surface area contributed by atoms with Crippen molar-refractivity contribution < 1.29 is 8.78 Å². The molecule has 1 aliphatic heterocycles. The molecule has 1 fully saturated rings. The molecule has 4 unspecified atom stereocenters. The van der Waals surface area contributed by atoms with E-state index in [9.17, 15) is 0 Å². The van der Waals surface area contributed by atoms with Crippen molar-refractivity contribution in [1.29, 1.82) is 0 Å². The average molecular weight is 566 g/mol. The number of hydrogen-bond donors (Lipinski definition) is 3. The van der Waals surface area contributed by atoms with Gasteiger partial charge in [-0.15, -0.1) is 0 Å². The average Bonchev–Trinajstić information content (AvgIpc) is 3.66. The zero-order valence-electron chi connectivity index (χ0n) is 23.5. The molecule has 3 aromatic rings. The highest BCUT2D eigenvalue weighted by Gasteiger charge is 2.43. The van der Waals surface area contributed by atoms with Crippen molar-refractivity contribution >= 4 is 17.6 Å². The van der Waals surface area contributed by atoms with Crippen LogP contribution in [0.5, 0.6) is 0 Å². The van der Waals surface area contributed by atoms with Crippen LogP contribution in [0.2, 0.25) is 0 Å². The van der Waals surface area contributed by atoms with Gasteiger partial charge in [0, 0.05) is 41.6 Å². The Kier molecular flexibility index (Phi) is 9.26. The number of benzene rings is 2. The van der Waals surface area contributed by atoms with Crippen molar-refractivity contribution in [3.63, 3.8) is 0 Å². The number of nitrogens with zero attached hydrogens (tertiary/aromatic N) is 2. The van der Waals surface area contributed by atoms with Gasteiger partial charge in [-0.1, -0.05) is 68.4 Å². The van der Waals surface area contributed by atoms with Gasteiger partial charge in [-0.25, -0.2) is 4.98 Å². The van der Waals surface area contributed by atoms with E-state index in [-0.39, 0.29) is 23.8 Å². The van der Waals surface area contributed by atoms with E-state index in [0.29, 0.717) is 24.3 Å². The number of thioether (sulfide) groups is 1. The molecule has 214 valence electrons. The second-order valence-electron chi connectivity index (χ2n) is 11.6. The number of aromatic amines is 1. The Bertz CT molecular complexity index is 1280. The maximum Gasteiger partial charge on any atom is 0.300 e. The van der Waals surface area contributed by atoms with Gasteiger partial charge >= 0.3 is 5.25 Å². The van der Waals surface area contributed by atoms with Gasteiger partial charge < -0.3 is 16.0 Å². The predicted molar refractivity (Wildman–Crippen MR) is 160 cm³/mol. The summed E-state index contributed by atoms with van der Waals surface area (Å²) in [5, 5.41) is 0.617. The molecule has 8 heteroatoms. The zero-order valence-corrected chi connectivity index (χ0v) is 24.3. The number of amidine groups is 1. The summed E-state index contributed by atoms with van der Waals surface area (Å²) in [7, 11) is 0. The fourth-order valence-electron chi connectivity index (χ4n) is 6.14. The first-order chi connectivity index (χ1) is 19.3. The van der Waals surface area contributed by atoms with Crippen LogP contribution in [0.4, 0.5) is 8.78 Å². The summed E-state index contributed by atoms with van der Waals surface area (Å²) in [6.07, 6.45) is 8.05. The molecule has 2 aromatic carbocycles. The van der Waals surface area contributed by atoms with Gasteiger partial charge in [0.15, 0.2) is 0 Å². The number of imidazole rings is 1. The highest BCUT2D eigenvalue weighted by Crippen LogP contribution is 2.50. The fourth-order valence-corrected chi connectivity index (χ4v) is 7.19. The molecule has 5 atom stereocenters. The lowest BCUT2D eigenvalue weighted by atomic mass is 9.77. The second kappa shape index (κ2) is 12.9. The minimum atomic E-state index is -2.82. The smallest absolute Gasteiger partial charge is 0.300 e. The van der Waals surface area contributed by atoms with Gasteiger partial charge in [0.1, 0.15) is 5.82 Å². The summed E-state index contributed by atoms with van der Waals surface area (Å²) in [6, 6.07) is 16.4. The first-order valence-corrected chi connectivity index (χ1v) is 15.4. The van der Waals surface area contributed by atoms with E-state index >= 15 is 8.78 Å². The summed E-state index contributed by atoms with van der Waals surface area (Å²) in [6.45, 7) is 5.60. The zero-order chi connectivity index (χ0) is 28.1. The van der Waals surface area contributed by atoms with Crippen LogP contribution in [0, 0.1) is 11.8 Å². The molecule has 2 aliphatic rings. The van der Waals surface area contributed by atoms with E-state index in [4.69, 9.17) is 5.73 Å². The van der Waals surface area contributed by atoms with Gasteiger partial charge in [0.25, 0.3) is 0 Å². The Labute approximate surface area is 240 Å². The number of alkyl halides is 2. The first kappa shape index (κ1) is 28.8. The van der Waals surface area contributed by atoms with E-state index in [1.165, 1.54) is 11.1 Å². The molecule has 0 spiro atoms. The van der Waals surface area contributed by atoms with E-state index in [1.54, 1.807) is 6.20 Å². The molecular weight excluding hydrogens is 524 g/mol. The Balaban J connectivity index is 1.21. The maximum absolute atomic E-state index is 15.7. The highest BCUT2D eigenvalue weighted by atomic mass is 32.2. The van der Waals surface area contributed by atoms with Crippen molar-refractivity contribution in [2.45, 2.75) is 80.4 Å². The van der Waals surface area contributed by atoms with Crippen LogP contribution in [-0.2, 0) is 12.8 Å². The lowest BCUT2D eigenvalue weighted by molar-refractivity contribution is 0.0152. The second-order valence-corrected chi connectivity index (χ2v) is 12.8. The Hall–Kier alpha value is -2.71. The number of nitrogens with one attached hydrogen (secondary N) is 2. The number of H-pyrrole nitrogens is 1. The molecular formula is C32H41F2N5S. The molecule has 1 aromatic heterocycles. The minimum absolute atomic E-state index is 0.157. The highest BCUT2D eigenvalue weighted by molar-refractivity contribution is 8.00. The van der Waals surface area contributed by atoms with Gasteiger partial charge in [-0.05, 0) is 66.8 Å². The van der Waals surface area contributed by atoms with Crippen LogP contribution in [-0.4, -0.2) is 40.2 Å². The van der Waals surface area contributed by atoms with E-state index in [1.807, 2.05) is 30.5 Å². The van der Waals surface area contributed by atoms with Crippen LogP contribution >= 0.6 is 11.8 Å². The fraction of sp³-hybridized carbons (Fsp3) is 0.500. The van der Waals surface area contributed by atoms with E-state index < -0.39 is 11.2 Å². The number of aliphatic imine (C=N–C) groups is 1. The predicted octanol–water partition coefficient (Wildman–Crippen LogP) is 6.92. The van der Waals surface area contributed by atoms with Crippen molar-refractivity contribution in [3.8, 4) is 0 Å². The van der Waals surface area contributed by atoms with E-state index in [2.05, 4.69) is 58.4 Å². The molecule has 1 aliphatic carbocycles. The van der Waals surface area contributed by atoms with Crippen molar-refractivity contribution in [3.05, 3.63) is 83.4 Å². The largest absolute Gasteiger partial charge is 0.368 e. The third-order valence-electron chi connectivity index (χ3n) is 8.38. The molecule has 0 amide bonds. The lowest BCUT2D eigenvalue weighted by Crippen LogP contribution is -2.39. The van der Waals surface area contributed by atoms with Crippen LogP contribution < -0.4 is 11.1 Å². The molecule has 1 saturated carbocycles. The monoisotopic (exact) mass is 565 g/mol. The SMILES string of the molecule is CC(Cc1cccc(C2CCCC(C(F)(F)Sc3cccc(C[C@H](C)c4ncc[nH]4)c3)C2)c1)C1=NCC(CN)N1. The number of nitrogens with two attached hydrogens (primary N) is 1. The summed E-state index contributed by atoms with van der Waals surface area (Å²) in [4.78, 5) is 12.8. The summed E-state index contributed by atoms with van der Waals surface area (Å²) >= 11 is 0.730. The molecule has 2 heterocycles. The van der Waals surface area contributed by atoms with Gasteiger partial charge in [0.05, 0.1) is 18.4 Å². The van der Waals surface area contributed by atoms with Crippen LogP contribution in [0.25, 0.3) is 0 Å². The minimum Gasteiger partial charge on any atom is -0.368 e. The summed E-state index contributed by atoms with van der Waals surface area (Å²) in [5.74, 6) is 1.91. The van der Waals surface area contributed by atoms with Crippen molar-refractivity contribution in [1.82, 2.24) is 15.3 Å². The van der Waals surface area contributed by atoms with Crippen LogP contribution in [0.15, 0.2) is 70.8 Å². The summed E-state index contributed by atoms with van der Waals surface area (Å²) in [5.41, 5.74) is 9.25.